The molecule has 3 rings (SSSR count). The fraction of sp³-hybridized carbons (Fsp3) is 0.292. The molecule has 0 saturated carbocycles. The Bertz CT molecular complexity index is 1340. The van der Waals surface area contributed by atoms with E-state index in [0.29, 0.717) is 34.3 Å². The summed E-state index contributed by atoms with van der Waals surface area (Å²) in [4.78, 5) is 15.9. The van der Waals surface area contributed by atoms with E-state index in [1.165, 1.54) is 0 Å². The number of nitrogen functional groups attached to an aromatic ring is 2. The Morgan fingerprint density at radius 3 is 2.17 bits per heavy atom. The number of fused-ring (bicyclic) bond motifs is 1. The molecule has 0 aliphatic heterocycles. The Morgan fingerprint density at radius 2 is 1.58 bits per heavy atom. The fourth-order valence-electron chi connectivity index (χ4n) is 3.61. The van der Waals surface area contributed by atoms with Crippen molar-refractivity contribution in [1.82, 2.24) is 4.98 Å². The average molecular weight is 557 g/mol. The SMILES string of the molecule is CCCCS(=O)(=O)CCOC(=O)Cc1c(-c2ccc(C(=N)N)cc2)[nH]c2cc(C(=N)N)ccc12.Cl.Cl. The number of hydrogen-bond donors (Lipinski definition) is 5. The summed E-state index contributed by atoms with van der Waals surface area (Å²) in [5.41, 5.74) is 15.1. The van der Waals surface area contributed by atoms with Crippen molar-refractivity contribution in [1.29, 1.82) is 10.8 Å². The van der Waals surface area contributed by atoms with Crippen molar-refractivity contribution in [2.45, 2.75) is 26.2 Å². The van der Waals surface area contributed by atoms with Gasteiger partial charge in [0.05, 0.1) is 23.6 Å². The first-order chi connectivity index (χ1) is 16.1. The number of halogens is 2. The van der Waals surface area contributed by atoms with E-state index >= 15 is 0 Å². The molecule has 1 heterocycles. The Morgan fingerprint density at radius 1 is 0.972 bits per heavy atom. The molecule has 0 atom stereocenters. The summed E-state index contributed by atoms with van der Waals surface area (Å²) in [7, 11) is -3.25. The minimum atomic E-state index is -3.25. The highest BCUT2D eigenvalue weighted by Crippen LogP contribution is 2.32. The number of carbonyl (C=O) groups is 1. The van der Waals surface area contributed by atoms with Gasteiger partial charge in [-0.05, 0) is 23.6 Å². The Labute approximate surface area is 222 Å². The van der Waals surface area contributed by atoms with Gasteiger partial charge in [-0.15, -0.1) is 24.8 Å². The molecule has 3 aromatic rings. The van der Waals surface area contributed by atoms with Crippen molar-refractivity contribution in [2.24, 2.45) is 11.5 Å². The third-order valence-electron chi connectivity index (χ3n) is 5.49. The molecule has 12 heteroatoms. The van der Waals surface area contributed by atoms with Crippen LogP contribution in [0.5, 0.6) is 0 Å². The fourth-order valence-corrected chi connectivity index (χ4v) is 4.88. The number of rotatable bonds is 11. The summed E-state index contributed by atoms with van der Waals surface area (Å²) < 4.78 is 29.3. The number of carbonyl (C=O) groups excluding carboxylic acids is 1. The second-order valence-corrected chi connectivity index (χ2v) is 10.3. The van der Waals surface area contributed by atoms with Gasteiger partial charge < -0.3 is 21.2 Å². The Balaban J connectivity index is 0.00000324. The summed E-state index contributed by atoms with van der Waals surface area (Å²) in [5.74, 6) is -0.777. The van der Waals surface area contributed by atoms with Crippen molar-refractivity contribution in [3.8, 4) is 11.3 Å². The van der Waals surface area contributed by atoms with Gasteiger partial charge in [-0.2, -0.15) is 0 Å². The number of nitrogens with two attached hydrogens (primary N) is 2. The lowest BCUT2D eigenvalue weighted by molar-refractivity contribution is -0.142. The predicted molar refractivity (Wildman–Crippen MR) is 148 cm³/mol. The maximum absolute atomic E-state index is 12.6. The number of aromatic nitrogens is 1. The first-order valence-electron chi connectivity index (χ1n) is 10.9. The largest absolute Gasteiger partial charge is 0.464 e. The second-order valence-electron chi connectivity index (χ2n) is 8.05. The number of amidine groups is 2. The summed E-state index contributed by atoms with van der Waals surface area (Å²) in [5, 5.41) is 16.0. The van der Waals surface area contributed by atoms with Gasteiger partial charge in [-0.25, -0.2) is 8.42 Å². The van der Waals surface area contributed by atoms with Crippen LogP contribution in [-0.2, 0) is 25.8 Å². The molecule has 0 aliphatic carbocycles. The number of nitrogens with one attached hydrogen (secondary N) is 3. The number of sulfone groups is 1. The molecular weight excluding hydrogens is 525 g/mol. The quantitative estimate of drug-likeness (QED) is 0.137. The number of H-pyrrole nitrogens is 1. The van der Waals surface area contributed by atoms with Crippen molar-refractivity contribution in [3.63, 3.8) is 0 Å². The van der Waals surface area contributed by atoms with Gasteiger partial charge in [-0.1, -0.05) is 49.7 Å². The van der Waals surface area contributed by atoms with E-state index < -0.39 is 15.8 Å². The van der Waals surface area contributed by atoms with Crippen LogP contribution in [-0.4, -0.2) is 49.2 Å². The smallest absolute Gasteiger partial charge is 0.310 e. The minimum absolute atomic E-state index is 0. The Hall–Kier alpha value is -3.08. The van der Waals surface area contributed by atoms with E-state index in [-0.39, 0.29) is 61.0 Å². The first-order valence-corrected chi connectivity index (χ1v) is 12.7. The summed E-state index contributed by atoms with van der Waals surface area (Å²) >= 11 is 0. The van der Waals surface area contributed by atoms with E-state index in [1.807, 2.05) is 6.92 Å². The van der Waals surface area contributed by atoms with Crippen molar-refractivity contribution in [3.05, 3.63) is 59.2 Å². The molecule has 0 radical (unpaired) electrons. The van der Waals surface area contributed by atoms with Gasteiger partial charge in [0.2, 0.25) is 0 Å². The molecule has 2 aromatic carbocycles. The van der Waals surface area contributed by atoms with E-state index in [2.05, 4.69) is 4.98 Å². The summed E-state index contributed by atoms with van der Waals surface area (Å²) in [6.45, 7) is 1.73. The van der Waals surface area contributed by atoms with E-state index in [4.69, 9.17) is 27.0 Å². The zero-order valence-electron chi connectivity index (χ0n) is 19.8. The molecule has 1 aromatic heterocycles. The molecule has 0 saturated heterocycles. The van der Waals surface area contributed by atoms with Crippen molar-refractivity contribution >= 4 is 63.2 Å². The molecule has 0 unspecified atom stereocenters. The van der Waals surface area contributed by atoms with E-state index in [0.717, 1.165) is 17.4 Å². The van der Waals surface area contributed by atoms with Crippen LogP contribution in [0.25, 0.3) is 22.2 Å². The predicted octanol–water partition coefficient (Wildman–Crippen LogP) is 3.55. The highest BCUT2D eigenvalue weighted by molar-refractivity contribution is 7.91. The molecule has 9 nitrogen and oxygen atoms in total. The molecule has 196 valence electrons. The molecule has 36 heavy (non-hydrogen) atoms. The molecule has 0 fully saturated rings. The maximum atomic E-state index is 12.6. The Kier molecular flexibility index (Phi) is 11.4. The first kappa shape index (κ1) is 31.0. The lowest BCUT2D eigenvalue weighted by Crippen LogP contribution is -2.19. The molecule has 7 N–H and O–H groups in total. The number of unbranched alkanes of at least 4 members (excludes halogenated alkanes) is 1. The van der Waals surface area contributed by atoms with Crippen molar-refractivity contribution < 1.29 is 17.9 Å². The van der Waals surface area contributed by atoms with Gasteiger partial charge in [0.15, 0.2) is 9.84 Å². The van der Waals surface area contributed by atoms with Crippen LogP contribution in [0.2, 0.25) is 0 Å². The van der Waals surface area contributed by atoms with Crippen LogP contribution in [0, 0.1) is 10.8 Å². The van der Waals surface area contributed by atoms with Crippen molar-refractivity contribution in [2.75, 3.05) is 18.1 Å². The zero-order valence-corrected chi connectivity index (χ0v) is 22.2. The molecule has 0 spiro atoms. The zero-order chi connectivity index (χ0) is 24.9. The lowest BCUT2D eigenvalue weighted by Gasteiger charge is -2.08. The van der Waals surface area contributed by atoms with Gasteiger partial charge >= 0.3 is 5.97 Å². The third kappa shape index (κ3) is 7.71. The number of hydrogen-bond acceptors (Lipinski definition) is 6. The van der Waals surface area contributed by atoms with E-state index in [1.54, 1.807) is 42.5 Å². The van der Waals surface area contributed by atoms with Crippen LogP contribution in [0.1, 0.15) is 36.5 Å². The second kappa shape index (κ2) is 13.3. The molecule has 0 amide bonds. The van der Waals surface area contributed by atoms with Crippen LogP contribution >= 0.6 is 24.8 Å². The lowest BCUT2D eigenvalue weighted by atomic mass is 10.0. The monoisotopic (exact) mass is 555 g/mol. The minimum Gasteiger partial charge on any atom is -0.464 e. The highest BCUT2D eigenvalue weighted by Gasteiger charge is 2.19. The average Bonchev–Trinajstić information content (AvgIpc) is 3.15. The number of aromatic amines is 1. The molecular formula is C24H31Cl2N5O4S. The molecule has 0 aliphatic rings. The number of ether oxygens (including phenoxy) is 1. The van der Waals surface area contributed by atoms with Gasteiger partial charge in [0.1, 0.15) is 18.3 Å². The van der Waals surface area contributed by atoms with E-state index in [9.17, 15) is 13.2 Å². The highest BCUT2D eigenvalue weighted by atomic mass is 35.5. The van der Waals surface area contributed by atoms with Crippen LogP contribution in [0.3, 0.4) is 0 Å². The topological polar surface area (TPSA) is 176 Å². The number of benzene rings is 2. The third-order valence-corrected chi connectivity index (χ3v) is 7.19. The van der Waals surface area contributed by atoms with Gasteiger partial charge in [-0.3, -0.25) is 15.6 Å². The summed E-state index contributed by atoms with van der Waals surface area (Å²) in [6, 6.07) is 12.2. The van der Waals surface area contributed by atoms with Gasteiger partial charge in [0.25, 0.3) is 0 Å². The molecule has 0 bridgehead atoms. The summed E-state index contributed by atoms with van der Waals surface area (Å²) in [6.07, 6.45) is 1.29. The normalized spacial score (nSPS) is 10.8. The number of esters is 1. The standard InChI is InChI=1S/C24H29N5O4S.2ClH/c1-2-3-11-34(31,32)12-10-33-21(30)14-19-18-9-8-17(24(27)28)13-20(18)29-22(19)15-4-6-16(7-5-15)23(25)26;;/h4-9,13,29H,2-3,10-12,14H2,1H3,(H3,25,26)(H3,27,28);2*1H. The maximum Gasteiger partial charge on any atom is 0.310 e. The van der Waals surface area contributed by atoms with Crippen LogP contribution in [0.15, 0.2) is 42.5 Å². The van der Waals surface area contributed by atoms with Crippen LogP contribution in [0.4, 0.5) is 0 Å². The van der Waals surface area contributed by atoms with Crippen LogP contribution < -0.4 is 11.5 Å². The van der Waals surface area contributed by atoms with Gasteiger partial charge in [0, 0.05) is 22.0 Å².